The quantitative estimate of drug-likeness (QED) is 0.813. The van der Waals surface area contributed by atoms with Crippen LogP contribution >= 0.6 is 11.8 Å². The molecular formula is C18H17F2NO2S. The molecule has 1 aliphatic rings. The van der Waals surface area contributed by atoms with Crippen molar-refractivity contribution in [1.29, 1.82) is 0 Å². The first-order valence-corrected chi connectivity index (χ1v) is 8.71. The fourth-order valence-corrected chi connectivity index (χ4v) is 3.83. The van der Waals surface area contributed by atoms with E-state index >= 15 is 0 Å². The van der Waals surface area contributed by atoms with Crippen LogP contribution in [0.4, 0.5) is 8.78 Å². The van der Waals surface area contributed by atoms with Gasteiger partial charge >= 0.3 is 0 Å². The smallest absolute Gasteiger partial charge is 0.234 e. The second-order valence-electron chi connectivity index (χ2n) is 5.42. The number of carbonyl (C=O) groups is 1. The van der Waals surface area contributed by atoms with E-state index in [0.29, 0.717) is 12.4 Å². The number of thioether (sulfide) groups is 1. The summed E-state index contributed by atoms with van der Waals surface area (Å²) >= 11 is 1.48. The highest BCUT2D eigenvalue weighted by Gasteiger charge is 2.33. The maximum Gasteiger partial charge on any atom is 0.234 e. The van der Waals surface area contributed by atoms with Gasteiger partial charge in [-0.05, 0) is 42.8 Å². The van der Waals surface area contributed by atoms with Crippen LogP contribution in [-0.4, -0.2) is 23.2 Å². The van der Waals surface area contributed by atoms with Crippen molar-refractivity contribution in [2.75, 3.05) is 12.4 Å². The molecule has 0 spiro atoms. The summed E-state index contributed by atoms with van der Waals surface area (Å²) < 4.78 is 32.7. The van der Waals surface area contributed by atoms with E-state index in [4.69, 9.17) is 4.74 Å². The molecule has 0 aliphatic carbocycles. The van der Waals surface area contributed by atoms with E-state index in [2.05, 4.69) is 0 Å². The SMILES string of the molecule is CCOc1ccc(C2SCC(=O)N2Cc2cc(F)ccc2F)cc1. The third-order valence-corrected chi connectivity index (χ3v) is 5.05. The van der Waals surface area contributed by atoms with Gasteiger partial charge in [0.1, 0.15) is 22.8 Å². The van der Waals surface area contributed by atoms with Crippen molar-refractivity contribution in [1.82, 2.24) is 4.90 Å². The van der Waals surface area contributed by atoms with Gasteiger partial charge in [0.15, 0.2) is 0 Å². The number of nitrogens with zero attached hydrogens (tertiary/aromatic N) is 1. The molecule has 0 N–H and O–H groups in total. The van der Waals surface area contributed by atoms with E-state index < -0.39 is 11.6 Å². The number of hydrogen-bond acceptors (Lipinski definition) is 3. The Morgan fingerprint density at radius 1 is 1.21 bits per heavy atom. The first-order valence-electron chi connectivity index (χ1n) is 7.66. The molecule has 0 radical (unpaired) electrons. The molecule has 1 amide bonds. The van der Waals surface area contributed by atoms with Crippen LogP contribution in [0.1, 0.15) is 23.4 Å². The number of ether oxygens (including phenoxy) is 1. The zero-order chi connectivity index (χ0) is 17.1. The number of amides is 1. The number of carbonyl (C=O) groups excluding carboxylic acids is 1. The normalized spacial score (nSPS) is 17.4. The predicted octanol–water partition coefficient (Wildman–Crippen LogP) is 4.14. The molecule has 1 heterocycles. The number of halogens is 2. The molecule has 2 aromatic rings. The van der Waals surface area contributed by atoms with Crippen molar-refractivity contribution in [2.24, 2.45) is 0 Å². The molecule has 1 saturated heterocycles. The number of hydrogen-bond donors (Lipinski definition) is 0. The van der Waals surface area contributed by atoms with Crippen LogP contribution in [-0.2, 0) is 11.3 Å². The molecule has 0 bridgehead atoms. The Labute approximate surface area is 143 Å². The minimum atomic E-state index is -0.511. The lowest BCUT2D eigenvalue weighted by molar-refractivity contribution is -0.128. The Kier molecular flexibility index (Phi) is 5.04. The van der Waals surface area contributed by atoms with Crippen LogP contribution in [0.15, 0.2) is 42.5 Å². The lowest BCUT2D eigenvalue weighted by atomic mass is 10.1. The molecule has 1 aliphatic heterocycles. The third-order valence-electron chi connectivity index (χ3n) is 3.79. The highest BCUT2D eigenvalue weighted by molar-refractivity contribution is 8.00. The van der Waals surface area contributed by atoms with Gasteiger partial charge in [-0.3, -0.25) is 4.79 Å². The lowest BCUT2D eigenvalue weighted by Crippen LogP contribution is -2.28. The van der Waals surface area contributed by atoms with Crippen LogP contribution < -0.4 is 4.74 Å². The van der Waals surface area contributed by atoms with Crippen LogP contribution in [0.2, 0.25) is 0 Å². The second kappa shape index (κ2) is 7.21. The van der Waals surface area contributed by atoms with Crippen molar-refractivity contribution in [2.45, 2.75) is 18.8 Å². The van der Waals surface area contributed by atoms with Gasteiger partial charge in [0.05, 0.1) is 18.9 Å². The maximum atomic E-state index is 13.9. The summed E-state index contributed by atoms with van der Waals surface area (Å²) in [7, 11) is 0. The molecule has 24 heavy (non-hydrogen) atoms. The zero-order valence-corrected chi connectivity index (χ0v) is 14.0. The van der Waals surface area contributed by atoms with Crippen molar-refractivity contribution >= 4 is 17.7 Å². The van der Waals surface area contributed by atoms with Crippen LogP contribution in [0.5, 0.6) is 5.75 Å². The zero-order valence-electron chi connectivity index (χ0n) is 13.2. The van der Waals surface area contributed by atoms with Gasteiger partial charge < -0.3 is 9.64 Å². The van der Waals surface area contributed by atoms with Gasteiger partial charge in [0, 0.05) is 5.56 Å². The van der Waals surface area contributed by atoms with E-state index in [1.807, 2.05) is 31.2 Å². The number of rotatable bonds is 5. The molecule has 3 nitrogen and oxygen atoms in total. The minimum Gasteiger partial charge on any atom is -0.494 e. The van der Waals surface area contributed by atoms with Gasteiger partial charge in [-0.1, -0.05) is 12.1 Å². The summed E-state index contributed by atoms with van der Waals surface area (Å²) in [5.41, 5.74) is 1.12. The molecule has 0 aromatic heterocycles. The van der Waals surface area contributed by atoms with E-state index in [1.54, 1.807) is 4.90 Å². The molecule has 1 atom stereocenters. The van der Waals surface area contributed by atoms with Crippen LogP contribution in [0.3, 0.4) is 0 Å². The van der Waals surface area contributed by atoms with Gasteiger partial charge in [-0.15, -0.1) is 11.8 Å². The van der Waals surface area contributed by atoms with Gasteiger partial charge in [0.2, 0.25) is 5.91 Å². The molecule has 2 aromatic carbocycles. The van der Waals surface area contributed by atoms with E-state index in [9.17, 15) is 13.6 Å². The Balaban J connectivity index is 1.82. The van der Waals surface area contributed by atoms with Crippen LogP contribution in [0, 0.1) is 11.6 Å². The Morgan fingerprint density at radius 2 is 1.96 bits per heavy atom. The summed E-state index contributed by atoms with van der Waals surface area (Å²) in [6.07, 6.45) is 0. The molecular weight excluding hydrogens is 332 g/mol. The highest BCUT2D eigenvalue weighted by Crippen LogP contribution is 2.40. The highest BCUT2D eigenvalue weighted by atomic mass is 32.2. The van der Waals surface area contributed by atoms with Crippen molar-refractivity contribution < 1.29 is 18.3 Å². The van der Waals surface area contributed by atoms with E-state index in [-0.39, 0.29) is 23.4 Å². The molecule has 6 heteroatoms. The first-order chi connectivity index (χ1) is 11.6. The van der Waals surface area contributed by atoms with Crippen molar-refractivity contribution in [3.63, 3.8) is 0 Å². The Morgan fingerprint density at radius 3 is 2.67 bits per heavy atom. The molecule has 1 fully saturated rings. The van der Waals surface area contributed by atoms with Gasteiger partial charge in [-0.25, -0.2) is 8.78 Å². The van der Waals surface area contributed by atoms with Gasteiger partial charge in [-0.2, -0.15) is 0 Å². The van der Waals surface area contributed by atoms with Crippen molar-refractivity contribution in [3.05, 3.63) is 65.2 Å². The Hall–Kier alpha value is -2.08. The fraction of sp³-hybridized carbons (Fsp3) is 0.278. The summed E-state index contributed by atoms with van der Waals surface area (Å²) in [4.78, 5) is 13.8. The fourth-order valence-electron chi connectivity index (χ4n) is 2.64. The second-order valence-corrected chi connectivity index (χ2v) is 6.49. The minimum absolute atomic E-state index is 0.0489. The maximum absolute atomic E-state index is 13.9. The Bertz CT molecular complexity index is 736. The molecule has 126 valence electrons. The molecule has 1 unspecified atom stereocenters. The van der Waals surface area contributed by atoms with Gasteiger partial charge in [0.25, 0.3) is 0 Å². The molecule has 0 saturated carbocycles. The average Bonchev–Trinajstić information content (AvgIpc) is 2.93. The summed E-state index contributed by atoms with van der Waals surface area (Å²) in [5, 5.41) is -0.212. The predicted molar refractivity (Wildman–Crippen MR) is 89.7 cm³/mol. The summed E-state index contributed by atoms with van der Waals surface area (Å²) in [6, 6.07) is 10.8. The summed E-state index contributed by atoms with van der Waals surface area (Å²) in [6.45, 7) is 2.54. The summed E-state index contributed by atoms with van der Waals surface area (Å²) in [5.74, 6) is -0.00912. The van der Waals surface area contributed by atoms with E-state index in [0.717, 1.165) is 29.5 Å². The first kappa shape index (κ1) is 16.8. The van der Waals surface area contributed by atoms with Crippen molar-refractivity contribution in [3.8, 4) is 5.75 Å². The standard InChI is InChI=1S/C18H17F2NO2S/c1-2-23-15-6-3-12(4-7-15)18-21(17(22)11-24-18)10-13-9-14(19)5-8-16(13)20/h3-9,18H,2,10-11H2,1H3. The van der Waals surface area contributed by atoms with Crippen LogP contribution in [0.25, 0.3) is 0 Å². The topological polar surface area (TPSA) is 29.5 Å². The largest absolute Gasteiger partial charge is 0.494 e. The number of benzene rings is 2. The van der Waals surface area contributed by atoms with E-state index in [1.165, 1.54) is 11.8 Å². The third kappa shape index (κ3) is 3.53. The lowest BCUT2D eigenvalue weighted by Gasteiger charge is -2.24. The monoisotopic (exact) mass is 349 g/mol. The average molecular weight is 349 g/mol. The molecule has 3 rings (SSSR count).